The Morgan fingerprint density at radius 3 is 2.86 bits per heavy atom. The highest BCUT2D eigenvalue weighted by atomic mass is 16.5. The Bertz CT molecular complexity index is 485. The van der Waals surface area contributed by atoms with Crippen LogP contribution in [0, 0.1) is 0 Å². The lowest BCUT2D eigenvalue weighted by atomic mass is 10.1. The first-order valence-electron chi connectivity index (χ1n) is 4.39. The lowest BCUT2D eigenvalue weighted by molar-refractivity contribution is 0.101. The second-order valence-corrected chi connectivity index (χ2v) is 3.14. The standard InChI is InChI=1S/C11H11NO2/c1-7(13)8-6-12-9-4-3-5-10(14-2)11(8)9/h3-6,12H,1-2H3. The van der Waals surface area contributed by atoms with Crippen LogP contribution in [0.1, 0.15) is 17.3 Å². The number of Topliss-reactive ketones (excluding diaryl/α,β-unsaturated/α-hetero) is 1. The van der Waals surface area contributed by atoms with Gasteiger partial charge in [0.05, 0.1) is 12.5 Å². The number of H-pyrrole nitrogens is 1. The van der Waals surface area contributed by atoms with E-state index >= 15 is 0 Å². The molecule has 1 heterocycles. The Balaban J connectivity index is 2.81. The van der Waals surface area contributed by atoms with Crippen molar-refractivity contribution in [3.8, 4) is 5.75 Å². The van der Waals surface area contributed by atoms with Gasteiger partial charge in [-0.2, -0.15) is 0 Å². The Kier molecular flexibility index (Phi) is 2.00. The Labute approximate surface area is 81.7 Å². The van der Waals surface area contributed by atoms with Crippen LogP contribution in [0.4, 0.5) is 0 Å². The van der Waals surface area contributed by atoms with Crippen LogP contribution >= 0.6 is 0 Å². The maximum absolute atomic E-state index is 11.3. The van der Waals surface area contributed by atoms with Crippen molar-refractivity contribution in [1.82, 2.24) is 4.98 Å². The van der Waals surface area contributed by atoms with Gasteiger partial charge in [0, 0.05) is 17.3 Å². The van der Waals surface area contributed by atoms with Crippen LogP contribution in [-0.2, 0) is 0 Å². The number of hydrogen-bond acceptors (Lipinski definition) is 2. The number of ether oxygens (including phenoxy) is 1. The highest BCUT2D eigenvalue weighted by molar-refractivity contribution is 6.08. The molecule has 2 rings (SSSR count). The molecule has 14 heavy (non-hydrogen) atoms. The van der Waals surface area contributed by atoms with Gasteiger partial charge < -0.3 is 9.72 Å². The summed E-state index contributed by atoms with van der Waals surface area (Å²) in [6.45, 7) is 1.55. The number of aromatic amines is 1. The van der Waals surface area contributed by atoms with Gasteiger partial charge in [-0.25, -0.2) is 0 Å². The molecule has 0 aliphatic carbocycles. The quantitative estimate of drug-likeness (QED) is 0.737. The highest BCUT2D eigenvalue weighted by Gasteiger charge is 2.11. The fraction of sp³-hybridized carbons (Fsp3) is 0.182. The van der Waals surface area contributed by atoms with Crippen molar-refractivity contribution in [1.29, 1.82) is 0 Å². The molecule has 0 aliphatic rings. The molecule has 1 N–H and O–H groups in total. The minimum Gasteiger partial charge on any atom is -0.496 e. The first kappa shape index (κ1) is 8.81. The number of rotatable bonds is 2. The van der Waals surface area contributed by atoms with E-state index in [2.05, 4.69) is 4.98 Å². The molecule has 0 fully saturated rings. The maximum Gasteiger partial charge on any atom is 0.162 e. The summed E-state index contributed by atoms with van der Waals surface area (Å²) in [5, 5.41) is 0.863. The minimum atomic E-state index is 0.0424. The van der Waals surface area contributed by atoms with Gasteiger partial charge in [0.15, 0.2) is 5.78 Å². The molecule has 0 aliphatic heterocycles. The van der Waals surface area contributed by atoms with E-state index in [1.807, 2.05) is 18.2 Å². The second kappa shape index (κ2) is 3.18. The molecular weight excluding hydrogens is 178 g/mol. The topological polar surface area (TPSA) is 42.1 Å². The number of nitrogens with one attached hydrogen (secondary N) is 1. The summed E-state index contributed by atoms with van der Waals surface area (Å²) < 4.78 is 5.20. The SMILES string of the molecule is COc1cccc2[nH]cc(C(C)=O)c12. The predicted octanol–water partition coefficient (Wildman–Crippen LogP) is 2.38. The zero-order valence-corrected chi connectivity index (χ0v) is 8.13. The minimum absolute atomic E-state index is 0.0424. The molecule has 3 heteroatoms. The molecular formula is C11H11NO2. The van der Waals surface area contributed by atoms with Crippen LogP contribution in [0.25, 0.3) is 10.9 Å². The molecule has 0 bridgehead atoms. The largest absolute Gasteiger partial charge is 0.496 e. The van der Waals surface area contributed by atoms with Crippen molar-refractivity contribution < 1.29 is 9.53 Å². The van der Waals surface area contributed by atoms with E-state index in [4.69, 9.17) is 4.74 Å². The van der Waals surface area contributed by atoms with Crippen LogP contribution in [0.5, 0.6) is 5.75 Å². The summed E-state index contributed by atoms with van der Waals surface area (Å²) in [6.07, 6.45) is 1.72. The lowest BCUT2D eigenvalue weighted by Crippen LogP contribution is -1.91. The molecule has 2 aromatic rings. The normalized spacial score (nSPS) is 10.4. The molecule has 0 amide bonds. The van der Waals surface area contributed by atoms with Crippen LogP contribution in [0.15, 0.2) is 24.4 Å². The number of ketones is 1. The number of carbonyl (C=O) groups excluding carboxylic acids is 1. The number of carbonyl (C=O) groups is 1. The molecule has 0 unspecified atom stereocenters. The Morgan fingerprint density at radius 1 is 1.43 bits per heavy atom. The van der Waals surface area contributed by atoms with Crippen molar-refractivity contribution in [2.75, 3.05) is 7.11 Å². The molecule has 0 atom stereocenters. The van der Waals surface area contributed by atoms with Crippen LogP contribution < -0.4 is 4.74 Å². The summed E-state index contributed by atoms with van der Waals surface area (Å²) in [5.41, 5.74) is 1.60. The summed E-state index contributed by atoms with van der Waals surface area (Å²) in [5.74, 6) is 0.773. The Morgan fingerprint density at radius 2 is 2.21 bits per heavy atom. The van der Waals surface area contributed by atoms with E-state index in [9.17, 15) is 4.79 Å². The molecule has 72 valence electrons. The van der Waals surface area contributed by atoms with Crippen LogP contribution in [-0.4, -0.2) is 17.9 Å². The fourth-order valence-corrected chi connectivity index (χ4v) is 1.60. The summed E-state index contributed by atoms with van der Waals surface area (Å²) in [7, 11) is 1.60. The summed E-state index contributed by atoms with van der Waals surface area (Å²) >= 11 is 0. The molecule has 1 aromatic heterocycles. The third kappa shape index (κ3) is 1.18. The number of hydrogen-bond donors (Lipinski definition) is 1. The molecule has 0 radical (unpaired) electrons. The second-order valence-electron chi connectivity index (χ2n) is 3.14. The molecule has 3 nitrogen and oxygen atoms in total. The van der Waals surface area contributed by atoms with E-state index in [0.717, 1.165) is 16.7 Å². The van der Waals surface area contributed by atoms with E-state index in [1.165, 1.54) is 0 Å². The highest BCUT2D eigenvalue weighted by Crippen LogP contribution is 2.28. The third-order valence-corrected chi connectivity index (χ3v) is 2.27. The van der Waals surface area contributed by atoms with Crippen molar-refractivity contribution >= 4 is 16.7 Å². The van der Waals surface area contributed by atoms with Gasteiger partial charge in [0.2, 0.25) is 0 Å². The molecule has 0 saturated carbocycles. The zero-order chi connectivity index (χ0) is 10.1. The average molecular weight is 189 g/mol. The fourth-order valence-electron chi connectivity index (χ4n) is 1.60. The van der Waals surface area contributed by atoms with Gasteiger partial charge in [0.25, 0.3) is 0 Å². The van der Waals surface area contributed by atoms with Crippen molar-refractivity contribution in [3.05, 3.63) is 30.0 Å². The molecule has 0 saturated heterocycles. The van der Waals surface area contributed by atoms with Crippen molar-refractivity contribution in [2.45, 2.75) is 6.92 Å². The van der Waals surface area contributed by atoms with E-state index in [0.29, 0.717) is 5.56 Å². The number of aromatic nitrogens is 1. The summed E-state index contributed by atoms with van der Waals surface area (Å²) in [4.78, 5) is 14.4. The first-order chi connectivity index (χ1) is 6.74. The number of benzene rings is 1. The molecule has 1 aromatic carbocycles. The smallest absolute Gasteiger partial charge is 0.162 e. The maximum atomic E-state index is 11.3. The van der Waals surface area contributed by atoms with Crippen molar-refractivity contribution in [3.63, 3.8) is 0 Å². The van der Waals surface area contributed by atoms with Gasteiger partial charge in [-0.15, -0.1) is 0 Å². The van der Waals surface area contributed by atoms with Gasteiger partial charge in [-0.05, 0) is 19.1 Å². The average Bonchev–Trinajstić information content (AvgIpc) is 2.60. The van der Waals surface area contributed by atoms with Gasteiger partial charge >= 0.3 is 0 Å². The van der Waals surface area contributed by atoms with E-state index in [1.54, 1.807) is 20.2 Å². The van der Waals surface area contributed by atoms with Gasteiger partial charge in [-0.3, -0.25) is 4.79 Å². The number of fused-ring (bicyclic) bond motifs is 1. The Hall–Kier alpha value is -1.77. The predicted molar refractivity (Wildman–Crippen MR) is 54.9 cm³/mol. The number of methoxy groups -OCH3 is 1. The first-order valence-corrected chi connectivity index (χ1v) is 4.39. The monoisotopic (exact) mass is 189 g/mol. The molecule has 0 spiro atoms. The summed E-state index contributed by atoms with van der Waals surface area (Å²) in [6, 6.07) is 5.66. The third-order valence-electron chi connectivity index (χ3n) is 2.27. The lowest BCUT2D eigenvalue weighted by Gasteiger charge is -2.02. The van der Waals surface area contributed by atoms with E-state index in [-0.39, 0.29) is 5.78 Å². The van der Waals surface area contributed by atoms with Crippen LogP contribution in [0.3, 0.4) is 0 Å². The van der Waals surface area contributed by atoms with Gasteiger partial charge in [-0.1, -0.05) is 6.07 Å². The van der Waals surface area contributed by atoms with Gasteiger partial charge in [0.1, 0.15) is 5.75 Å². The van der Waals surface area contributed by atoms with Crippen LogP contribution in [0.2, 0.25) is 0 Å². The van der Waals surface area contributed by atoms with E-state index < -0.39 is 0 Å². The zero-order valence-electron chi connectivity index (χ0n) is 8.13. The van der Waals surface area contributed by atoms with Crippen molar-refractivity contribution in [2.24, 2.45) is 0 Å².